The minimum Gasteiger partial charge on any atom is -0.467 e. The molecule has 0 aliphatic rings. The molecule has 2 aromatic heterocycles. The fourth-order valence-electron chi connectivity index (χ4n) is 1.27. The van der Waals surface area contributed by atoms with Crippen LogP contribution in [0.4, 0.5) is 5.13 Å². The van der Waals surface area contributed by atoms with Gasteiger partial charge in [0.15, 0.2) is 5.13 Å². The molecule has 2 rings (SSSR count). The normalized spacial score (nSPS) is 11.1. The second-order valence-electron chi connectivity index (χ2n) is 3.50. The number of carbonyl (C=O) groups is 1. The molecule has 22 heavy (non-hydrogen) atoms. The number of hydrogen-bond donors (Lipinski definition) is 2. The molecule has 0 spiro atoms. The number of nitrogens with two attached hydrogens (primary N) is 1. The van der Waals surface area contributed by atoms with Crippen molar-refractivity contribution in [2.75, 3.05) is 20.0 Å². The molecular weight excluding hydrogens is 316 g/mol. The van der Waals surface area contributed by atoms with E-state index in [4.69, 9.17) is 25.2 Å². The highest BCUT2D eigenvalue weighted by Crippen LogP contribution is 2.16. The number of carbonyl (C=O) groups excluding carboxylic acids is 1. The van der Waals surface area contributed by atoms with Crippen molar-refractivity contribution in [3.63, 3.8) is 0 Å². The van der Waals surface area contributed by atoms with E-state index in [-0.39, 0.29) is 22.8 Å². The number of hydrogen-bond acceptors (Lipinski definition) is 12. The number of anilines is 1. The van der Waals surface area contributed by atoms with E-state index >= 15 is 0 Å². The summed E-state index contributed by atoms with van der Waals surface area (Å²) in [5.74, 6) is -1.04. The SMILES string of the molecule is COc1nc(OC)nc(OC(=O)/C(=N\O)c2csc(N)n2)n1. The Morgan fingerprint density at radius 3 is 2.23 bits per heavy atom. The van der Waals surface area contributed by atoms with Gasteiger partial charge in [0.25, 0.3) is 0 Å². The number of rotatable bonds is 5. The van der Waals surface area contributed by atoms with Crippen LogP contribution in [0.3, 0.4) is 0 Å². The third-order valence-corrected chi connectivity index (χ3v) is 2.85. The summed E-state index contributed by atoms with van der Waals surface area (Å²) in [5, 5.41) is 13.4. The van der Waals surface area contributed by atoms with Crippen LogP contribution in [0.2, 0.25) is 0 Å². The zero-order valence-corrected chi connectivity index (χ0v) is 12.2. The Balaban J connectivity index is 2.24. The Morgan fingerprint density at radius 1 is 1.18 bits per heavy atom. The van der Waals surface area contributed by atoms with E-state index in [0.717, 1.165) is 11.3 Å². The molecular formula is C10H10N6O5S. The van der Waals surface area contributed by atoms with Gasteiger partial charge in [-0.05, 0) is 0 Å². The van der Waals surface area contributed by atoms with Crippen molar-refractivity contribution in [3.8, 4) is 18.0 Å². The smallest absolute Gasteiger partial charge is 0.370 e. The van der Waals surface area contributed by atoms with Gasteiger partial charge in [0.2, 0.25) is 5.71 Å². The summed E-state index contributed by atoms with van der Waals surface area (Å²) in [4.78, 5) is 27.0. The minimum absolute atomic E-state index is 0.0583. The van der Waals surface area contributed by atoms with Gasteiger partial charge in [0.05, 0.1) is 14.2 Å². The number of oxime groups is 1. The van der Waals surface area contributed by atoms with Gasteiger partial charge in [-0.2, -0.15) is 0 Å². The minimum atomic E-state index is -1.04. The second-order valence-corrected chi connectivity index (χ2v) is 4.39. The molecule has 0 saturated heterocycles. The maximum atomic E-state index is 12.0. The highest BCUT2D eigenvalue weighted by Gasteiger charge is 2.22. The van der Waals surface area contributed by atoms with Crippen LogP contribution in [-0.2, 0) is 4.79 Å². The lowest BCUT2D eigenvalue weighted by Gasteiger charge is -2.05. The van der Waals surface area contributed by atoms with Gasteiger partial charge in [-0.3, -0.25) is 0 Å². The highest BCUT2D eigenvalue weighted by molar-refractivity contribution is 7.13. The molecule has 116 valence electrons. The molecule has 2 heterocycles. The average molecular weight is 326 g/mol. The third-order valence-electron chi connectivity index (χ3n) is 2.18. The van der Waals surface area contributed by atoms with Gasteiger partial charge in [-0.25, -0.2) is 9.78 Å². The first-order valence-electron chi connectivity index (χ1n) is 5.57. The molecule has 0 aliphatic carbocycles. The topological polar surface area (TPSA) is 155 Å². The zero-order chi connectivity index (χ0) is 16.1. The van der Waals surface area contributed by atoms with E-state index in [1.54, 1.807) is 0 Å². The lowest BCUT2D eigenvalue weighted by Crippen LogP contribution is -2.23. The van der Waals surface area contributed by atoms with E-state index in [2.05, 4.69) is 25.1 Å². The van der Waals surface area contributed by atoms with E-state index < -0.39 is 17.7 Å². The van der Waals surface area contributed by atoms with Crippen molar-refractivity contribution in [3.05, 3.63) is 11.1 Å². The van der Waals surface area contributed by atoms with Gasteiger partial charge in [0, 0.05) is 5.38 Å². The summed E-state index contributed by atoms with van der Waals surface area (Å²) >= 11 is 1.07. The molecule has 0 fully saturated rings. The molecule has 11 nitrogen and oxygen atoms in total. The number of methoxy groups -OCH3 is 2. The van der Waals surface area contributed by atoms with Gasteiger partial charge in [0.1, 0.15) is 5.69 Å². The van der Waals surface area contributed by atoms with Crippen LogP contribution < -0.4 is 19.9 Å². The molecule has 2 aromatic rings. The average Bonchev–Trinajstić information content (AvgIpc) is 2.93. The van der Waals surface area contributed by atoms with E-state index in [9.17, 15) is 4.79 Å². The van der Waals surface area contributed by atoms with Gasteiger partial charge in [-0.15, -0.1) is 26.3 Å². The summed E-state index contributed by atoms with van der Waals surface area (Å²) in [6.45, 7) is 0. The van der Waals surface area contributed by atoms with Gasteiger partial charge < -0.3 is 25.2 Å². The Hall–Kier alpha value is -3.02. The Labute approximate surface area is 127 Å². The Bertz CT molecular complexity index is 695. The van der Waals surface area contributed by atoms with Gasteiger partial charge in [-0.1, -0.05) is 5.16 Å². The molecule has 0 amide bonds. The van der Waals surface area contributed by atoms with Crippen LogP contribution in [0.25, 0.3) is 0 Å². The molecule has 12 heteroatoms. The van der Waals surface area contributed by atoms with Crippen molar-refractivity contribution in [1.29, 1.82) is 0 Å². The predicted molar refractivity (Wildman–Crippen MR) is 73.4 cm³/mol. The molecule has 0 aliphatic heterocycles. The van der Waals surface area contributed by atoms with Crippen molar-refractivity contribution in [1.82, 2.24) is 19.9 Å². The predicted octanol–water partition coefficient (Wildman–Crippen LogP) is -0.289. The van der Waals surface area contributed by atoms with Gasteiger partial charge >= 0.3 is 24.0 Å². The molecule has 3 N–H and O–H groups in total. The van der Waals surface area contributed by atoms with Crippen LogP contribution in [-0.4, -0.2) is 51.0 Å². The fourth-order valence-corrected chi connectivity index (χ4v) is 1.82. The van der Waals surface area contributed by atoms with Crippen LogP contribution in [0, 0.1) is 0 Å². The first-order chi connectivity index (χ1) is 10.6. The lowest BCUT2D eigenvalue weighted by molar-refractivity contribution is -0.127. The molecule has 0 radical (unpaired) electrons. The highest BCUT2D eigenvalue weighted by atomic mass is 32.1. The van der Waals surface area contributed by atoms with Crippen molar-refractivity contribution in [2.45, 2.75) is 0 Å². The lowest BCUT2D eigenvalue weighted by atomic mass is 10.3. The van der Waals surface area contributed by atoms with Crippen molar-refractivity contribution in [2.24, 2.45) is 5.16 Å². The van der Waals surface area contributed by atoms with E-state index in [1.165, 1.54) is 19.6 Å². The summed E-state index contributed by atoms with van der Waals surface area (Å²) in [5.41, 5.74) is 5.06. The second kappa shape index (κ2) is 6.62. The number of ether oxygens (including phenoxy) is 3. The van der Waals surface area contributed by atoms with Crippen LogP contribution >= 0.6 is 11.3 Å². The molecule has 0 unspecified atom stereocenters. The maximum absolute atomic E-state index is 12.0. The molecule has 0 saturated carbocycles. The first-order valence-corrected chi connectivity index (χ1v) is 6.45. The largest absolute Gasteiger partial charge is 0.467 e. The zero-order valence-electron chi connectivity index (χ0n) is 11.4. The summed E-state index contributed by atoms with van der Waals surface area (Å²) in [6.07, 6.45) is 0. The number of thiazole rings is 1. The number of esters is 1. The molecule has 0 bridgehead atoms. The molecule has 0 aromatic carbocycles. The first kappa shape index (κ1) is 15.4. The van der Waals surface area contributed by atoms with E-state index in [1.807, 2.05) is 0 Å². The Kier molecular flexibility index (Phi) is 4.63. The maximum Gasteiger partial charge on any atom is 0.370 e. The van der Waals surface area contributed by atoms with Crippen molar-refractivity contribution < 1.29 is 24.2 Å². The van der Waals surface area contributed by atoms with Crippen LogP contribution in [0.5, 0.6) is 18.0 Å². The quantitative estimate of drug-likeness (QED) is 0.324. The van der Waals surface area contributed by atoms with E-state index in [0.29, 0.717) is 0 Å². The standard InChI is InChI=1S/C10H10N6O5S/c1-19-8-13-9(20-2)15-10(14-8)21-6(17)5(16-18)4-3-22-7(11)12-4/h3,18H,1-2H3,(H2,11,12)/b16-5-. The monoisotopic (exact) mass is 326 g/mol. The third kappa shape index (κ3) is 3.35. The Morgan fingerprint density at radius 2 is 1.77 bits per heavy atom. The number of nitrogens with zero attached hydrogens (tertiary/aromatic N) is 5. The molecule has 0 atom stereocenters. The van der Waals surface area contributed by atoms with Crippen molar-refractivity contribution >= 4 is 28.1 Å². The van der Waals surface area contributed by atoms with Crippen LogP contribution in [0.1, 0.15) is 5.69 Å². The summed E-state index contributed by atoms with van der Waals surface area (Å²) < 4.78 is 14.5. The summed E-state index contributed by atoms with van der Waals surface area (Å²) in [6, 6.07) is -0.622. The number of nitrogen functional groups attached to an aromatic ring is 1. The summed E-state index contributed by atoms with van der Waals surface area (Å²) in [7, 11) is 2.64. The van der Waals surface area contributed by atoms with Crippen LogP contribution in [0.15, 0.2) is 10.5 Å². The fraction of sp³-hybridized carbons (Fsp3) is 0.200. The number of aromatic nitrogens is 4.